The molecule has 0 aromatic rings. The second-order valence-electron chi connectivity index (χ2n) is 5.04. The molecule has 0 spiro atoms. The molecule has 0 atom stereocenters. The van der Waals surface area contributed by atoms with Crippen LogP contribution in [0.4, 0.5) is 0 Å². The first-order valence-corrected chi connectivity index (χ1v) is 5.28. The van der Waals surface area contributed by atoms with Crippen LogP contribution in [0.1, 0.15) is 38.5 Å². The summed E-state index contributed by atoms with van der Waals surface area (Å²) in [6.45, 7) is 0. The van der Waals surface area contributed by atoms with Gasteiger partial charge in [-0.25, -0.2) is 0 Å². The lowest BCUT2D eigenvalue weighted by molar-refractivity contribution is -0.00508. The quantitative estimate of drug-likeness (QED) is 0.555. The Hall–Kier alpha value is -0.480. The highest BCUT2D eigenvalue weighted by molar-refractivity contribution is 5.15. The Balaban J connectivity index is 2.17. The van der Waals surface area contributed by atoms with Gasteiger partial charge >= 0.3 is 0 Å². The Morgan fingerprint density at radius 1 is 1.00 bits per heavy atom. The molecule has 3 saturated carbocycles. The molecule has 0 heterocycles. The molecule has 0 N–H and O–H groups in total. The molecule has 0 amide bonds. The maximum Gasteiger partial charge on any atom is 0.0314 e. The Bertz CT molecular complexity index is 222. The zero-order valence-electron chi connectivity index (χ0n) is 8.77. The minimum atomic E-state index is 0.289. The number of rotatable bonds is 1. The summed E-state index contributed by atoms with van der Waals surface area (Å²) in [5.41, 5.74) is 0.788. The second-order valence-corrected chi connectivity index (χ2v) is 5.04. The van der Waals surface area contributed by atoms with Crippen molar-refractivity contribution in [2.24, 2.45) is 5.41 Å². The number of nitrogens with zero attached hydrogens (tertiary/aromatic N) is 1. The van der Waals surface area contributed by atoms with Crippen molar-refractivity contribution in [2.75, 3.05) is 14.1 Å². The Labute approximate surface area is 81.5 Å². The van der Waals surface area contributed by atoms with E-state index in [-0.39, 0.29) is 5.41 Å². The van der Waals surface area contributed by atoms with Crippen molar-refractivity contribution in [3.63, 3.8) is 0 Å². The van der Waals surface area contributed by atoms with E-state index in [9.17, 15) is 0 Å². The van der Waals surface area contributed by atoms with E-state index in [1.807, 2.05) is 0 Å². The van der Waals surface area contributed by atoms with Crippen LogP contribution < -0.4 is 0 Å². The third-order valence-electron chi connectivity index (χ3n) is 4.46. The van der Waals surface area contributed by atoms with E-state index in [1.54, 1.807) is 0 Å². The molecular weight excluding hydrogens is 158 g/mol. The number of fused-ring (bicyclic) bond motifs is 3. The SMILES string of the molecule is C#CC12CCC(N(C)C)(CC1)CC2. The summed E-state index contributed by atoms with van der Waals surface area (Å²) in [6, 6.07) is 0. The van der Waals surface area contributed by atoms with Crippen LogP contribution in [0.15, 0.2) is 0 Å². The summed E-state index contributed by atoms with van der Waals surface area (Å²) < 4.78 is 0. The fourth-order valence-electron chi connectivity index (χ4n) is 3.05. The molecule has 2 bridgehead atoms. The van der Waals surface area contributed by atoms with Crippen LogP contribution >= 0.6 is 0 Å². The lowest BCUT2D eigenvalue weighted by atomic mass is 9.57. The molecule has 0 aromatic heterocycles. The summed E-state index contributed by atoms with van der Waals surface area (Å²) in [6.07, 6.45) is 13.3. The van der Waals surface area contributed by atoms with Crippen LogP contribution in [0.25, 0.3) is 0 Å². The summed E-state index contributed by atoms with van der Waals surface area (Å²) in [4.78, 5) is 2.42. The molecule has 3 rings (SSSR count). The lowest BCUT2D eigenvalue weighted by Crippen LogP contribution is -2.53. The van der Waals surface area contributed by atoms with Gasteiger partial charge in [0.05, 0.1) is 0 Å². The van der Waals surface area contributed by atoms with Crippen molar-refractivity contribution in [2.45, 2.75) is 44.1 Å². The zero-order chi connectivity index (χ0) is 9.53. The molecule has 0 unspecified atom stereocenters. The molecule has 3 aliphatic carbocycles. The van der Waals surface area contributed by atoms with Gasteiger partial charge in [-0.05, 0) is 52.6 Å². The second kappa shape index (κ2) is 2.75. The van der Waals surface area contributed by atoms with Crippen LogP contribution in [-0.4, -0.2) is 24.5 Å². The van der Waals surface area contributed by atoms with Crippen molar-refractivity contribution in [1.82, 2.24) is 4.90 Å². The summed E-state index contributed by atoms with van der Waals surface area (Å²) in [7, 11) is 4.43. The van der Waals surface area contributed by atoms with Crippen molar-refractivity contribution in [1.29, 1.82) is 0 Å². The van der Waals surface area contributed by atoms with E-state index >= 15 is 0 Å². The smallest absolute Gasteiger partial charge is 0.0314 e. The predicted molar refractivity (Wildman–Crippen MR) is 55.4 cm³/mol. The molecule has 0 saturated heterocycles. The molecule has 1 nitrogen and oxygen atoms in total. The molecule has 3 fully saturated rings. The van der Waals surface area contributed by atoms with Gasteiger partial charge < -0.3 is 4.90 Å². The standard InChI is InChI=1S/C12H19N/c1-4-11-5-8-12(9-6-11,10-7-11)13(2)3/h1H,5-10H2,2-3H3. The zero-order valence-corrected chi connectivity index (χ0v) is 8.77. The van der Waals surface area contributed by atoms with Gasteiger partial charge in [0.25, 0.3) is 0 Å². The normalized spacial score (nSPS) is 43.5. The van der Waals surface area contributed by atoms with Gasteiger partial charge in [-0.2, -0.15) is 0 Å². The molecule has 13 heavy (non-hydrogen) atoms. The van der Waals surface area contributed by atoms with Gasteiger partial charge in [-0.15, -0.1) is 6.42 Å². The highest BCUT2D eigenvalue weighted by Gasteiger charge is 2.48. The first-order valence-electron chi connectivity index (χ1n) is 5.28. The van der Waals surface area contributed by atoms with Crippen LogP contribution in [-0.2, 0) is 0 Å². The van der Waals surface area contributed by atoms with Gasteiger partial charge in [0.1, 0.15) is 0 Å². The average Bonchev–Trinajstić information content (AvgIpc) is 2.20. The van der Waals surface area contributed by atoms with Crippen molar-refractivity contribution < 1.29 is 0 Å². The first kappa shape index (κ1) is 9.09. The lowest BCUT2D eigenvalue weighted by Gasteiger charge is -2.54. The number of hydrogen-bond donors (Lipinski definition) is 0. The van der Waals surface area contributed by atoms with Crippen molar-refractivity contribution >= 4 is 0 Å². The molecular formula is C12H19N. The molecule has 1 heteroatoms. The van der Waals surface area contributed by atoms with Crippen molar-refractivity contribution in [3.05, 3.63) is 0 Å². The van der Waals surface area contributed by atoms with Crippen LogP contribution in [0.2, 0.25) is 0 Å². The maximum absolute atomic E-state index is 5.63. The summed E-state index contributed by atoms with van der Waals surface area (Å²) >= 11 is 0. The third-order valence-corrected chi connectivity index (χ3v) is 4.46. The van der Waals surface area contributed by atoms with E-state index in [2.05, 4.69) is 24.9 Å². The largest absolute Gasteiger partial charge is 0.304 e. The Morgan fingerprint density at radius 2 is 1.46 bits per heavy atom. The van der Waals surface area contributed by atoms with Crippen molar-refractivity contribution in [3.8, 4) is 12.3 Å². The molecule has 72 valence electrons. The molecule has 0 aromatic carbocycles. The molecule has 0 aliphatic heterocycles. The van der Waals surface area contributed by atoms with Gasteiger partial charge in [0, 0.05) is 11.0 Å². The van der Waals surface area contributed by atoms with E-state index in [0.29, 0.717) is 5.54 Å². The Kier molecular flexibility index (Phi) is 1.92. The van der Waals surface area contributed by atoms with E-state index in [4.69, 9.17) is 6.42 Å². The summed E-state index contributed by atoms with van der Waals surface area (Å²) in [5, 5.41) is 0. The number of terminal acetylenes is 1. The average molecular weight is 177 g/mol. The highest BCUT2D eigenvalue weighted by Crippen LogP contribution is 2.53. The highest BCUT2D eigenvalue weighted by atomic mass is 15.1. The van der Waals surface area contributed by atoms with Gasteiger partial charge in [0.2, 0.25) is 0 Å². The molecule has 0 radical (unpaired) electrons. The predicted octanol–water partition coefficient (Wildman–Crippen LogP) is 2.27. The van der Waals surface area contributed by atoms with Gasteiger partial charge in [-0.1, -0.05) is 5.92 Å². The third kappa shape index (κ3) is 1.20. The van der Waals surface area contributed by atoms with Gasteiger partial charge in [0.15, 0.2) is 0 Å². The van der Waals surface area contributed by atoms with Crippen LogP contribution in [0.5, 0.6) is 0 Å². The van der Waals surface area contributed by atoms with E-state index in [1.165, 1.54) is 38.5 Å². The number of hydrogen-bond acceptors (Lipinski definition) is 1. The minimum Gasteiger partial charge on any atom is -0.304 e. The summed E-state index contributed by atoms with van der Waals surface area (Å²) in [5.74, 6) is 3.04. The van der Waals surface area contributed by atoms with E-state index < -0.39 is 0 Å². The van der Waals surface area contributed by atoms with Crippen LogP contribution in [0, 0.1) is 17.8 Å². The molecule has 3 aliphatic rings. The topological polar surface area (TPSA) is 3.24 Å². The van der Waals surface area contributed by atoms with Crippen LogP contribution in [0.3, 0.4) is 0 Å². The minimum absolute atomic E-state index is 0.289. The Morgan fingerprint density at radius 3 is 1.77 bits per heavy atom. The maximum atomic E-state index is 5.63. The monoisotopic (exact) mass is 177 g/mol. The fourth-order valence-corrected chi connectivity index (χ4v) is 3.05. The fraction of sp³-hybridized carbons (Fsp3) is 0.833. The first-order chi connectivity index (χ1) is 6.13. The van der Waals surface area contributed by atoms with Gasteiger partial charge in [-0.3, -0.25) is 0 Å². The van der Waals surface area contributed by atoms with E-state index in [0.717, 1.165) is 0 Å².